The van der Waals surface area contributed by atoms with Crippen molar-refractivity contribution in [2.24, 2.45) is 0 Å². The van der Waals surface area contributed by atoms with E-state index in [2.05, 4.69) is 25.3 Å². The summed E-state index contributed by atoms with van der Waals surface area (Å²) in [6, 6.07) is 8.79. The van der Waals surface area contributed by atoms with E-state index in [4.69, 9.17) is 16.1 Å². The topological polar surface area (TPSA) is 103 Å². The predicted molar refractivity (Wildman–Crippen MR) is 116 cm³/mol. The van der Waals surface area contributed by atoms with Crippen LogP contribution in [0, 0.1) is 13.8 Å². The van der Waals surface area contributed by atoms with Gasteiger partial charge >= 0.3 is 0 Å². The standard InChI is InChI=1S/C22H20ClN7O2/c1-13-5-6-18(30-24-7-8-25-30)16(10-13)22(31)29-9-3-4-19(29)20-27-21(32-28-20)17-12-15(23)11-14(2)26-17/h5-8,10-12,19H,3-4,9H2,1-2H3. The largest absolute Gasteiger partial charge is 0.332 e. The molecule has 1 amide bonds. The first-order valence-corrected chi connectivity index (χ1v) is 10.6. The van der Waals surface area contributed by atoms with Crippen LogP contribution in [0.3, 0.4) is 0 Å². The molecule has 1 saturated heterocycles. The minimum Gasteiger partial charge on any atom is -0.332 e. The molecule has 1 aromatic carbocycles. The summed E-state index contributed by atoms with van der Waals surface area (Å²) < 4.78 is 5.46. The minimum absolute atomic E-state index is 0.119. The molecule has 9 nitrogen and oxygen atoms in total. The number of carbonyl (C=O) groups is 1. The molecule has 0 aliphatic carbocycles. The van der Waals surface area contributed by atoms with Crippen LogP contribution in [-0.4, -0.2) is 47.5 Å². The van der Waals surface area contributed by atoms with Crippen molar-refractivity contribution in [2.75, 3.05) is 6.54 Å². The maximum Gasteiger partial charge on any atom is 0.276 e. The zero-order valence-corrected chi connectivity index (χ0v) is 18.3. The Balaban J connectivity index is 1.47. The van der Waals surface area contributed by atoms with Crippen LogP contribution in [0.5, 0.6) is 0 Å². The summed E-state index contributed by atoms with van der Waals surface area (Å²) in [6.45, 7) is 4.39. The Hall–Kier alpha value is -3.59. The van der Waals surface area contributed by atoms with Crippen LogP contribution in [-0.2, 0) is 0 Å². The number of likely N-dealkylation sites (tertiary alicyclic amines) is 1. The van der Waals surface area contributed by atoms with E-state index in [1.807, 2.05) is 32.0 Å². The van der Waals surface area contributed by atoms with Crippen LogP contribution in [0.15, 0.2) is 47.2 Å². The van der Waals surface area contributed by atoms with Crippen molar-refractivity contribution in [3.8, 4) is 17.3 Å². The van der Waals surface area contributed by atoms with Crippen LogP contribution in [0.4, 0.5) is 0 Å². The highest BCUT2D eigenvalue weighted by atomic mass is 35.5. The van der Waals surface area contributed by atoms with Gasteiger partial charge in [-0.3, -0.25) is 4.79 Å². The van der Waals surface area contributed by atoms with Gasteiger partial charge in [-0.25, -0.2) is 4.98 Å². The molecule has 5 rings (SSSR count). The number of hydrogen-bond acceptors (Lipinski definition) is 7. The van der Waals surface area contributed by atoms with Gasteiger partial charge in [0.25, 0.3) is 11.8 Å². The number of hydrogen-bond donors (Lipinski definition) is 0. The second-order valence-corrected chi connectivity index (χ2v) is 8.20. The molecule has 10 heteroatoms. The number of rotatable bonds is 4. The van der Waals surface area contributed by atoms with Gasteiger partial charge in [0.1, 0.15) is 5.69 Å². The molecule has 0 N–H and O–H groups in total. The first kappa shape index (κ1) is 20.3. The van der Waals surface area contributed by atoms with Crippen LogP contribution in [0.1, 0.15) is 46.3 Å². The van der Waals surface area contributed by atoms with Crippen LogP contribution >= 0.6 is 11.6 Å². The van der Waals surface area contributed by atoms with Gasteiger partial charge in [-0.1, -0.05) is 28.4 Å². The van der Waals surface area contributed by atoms with Gasteiger partial charge in [0, 0.05) is 17.3 Å². The number of halogens is 1. The van der Waals surface area contributed by atoms with E-state index in [9.17, 15) is 4.79 Å². The quantitative estimate of drug-likeness (QED) is 0.464. The fourth-order valence-corrected chi connectivity index (χ4v) is 4.24. The lowest BCUT2D eigenvalue weighted by atomic mass is 10.1. The number of aryl methyl sites for hydroxylation is 2. The van der Waals surface area contributed by atoms with Gasteiger partial charge < -0.3 is 9.42 Å². The van der Waals surface area contributed by atoms with Crippen LogP contribution in [0.2, 0.25) is 5.02 Å². The summed E-state index contributed by atoms with van der Waals surface area (Å²) in [7, 11) is 0. The fraction of sp³-hybridized carbons (Fsp3) is 0.273. The van der Waals surface area contributed by atoms with Crippen molar-refractivity contribution in [3.63, 3.8) is 0 Å². The normalized spacial score (nSPS) is 16.0. The summed E-state index contributed by atoms with van der Waals surface area (Å²) in [5.41, 5.74) is 3.40. The van der Waals surface area contributed by atoms with E-state index in [0.717, 1.165) is 24.1 Å². The third-order valence-electron chi connectivity index (χ3n) is 5.41. The van der Waals surface area contributed by atoms with Gasteiger partial charge in [0.2, 0.25) is 0 Å². The molecule has 32 heavy (non-hydrogen) atoms. The highest BCUT2D eigenvalue weighted by Crippen LogP contribution is 2.34. The van der Waals surface area contributed by atoms with Crippen molar-refractivity contribution in [2.45, 2.75) is 32.7 Å². The Bertz CT molecular complexity index is 1270. The van der Waals surface area contributed by atoms with Crippen molar-refractivity contribution in [3.05, 3.63) is 70.4 Å². The highest BCUT2D eigenvalue weighted by Gasteiger charge is 2.35. The zero-order valence-electron chi connectivity index (χ0n) is 17.6. The number of nitrogens with zero attached hydrogens (tertiary/aromatic N) is 7. The molecule has 3 aromatic heterocycles. The molecule has 4 heterocycles. The number of carbonyl (C=O) groups excluding carboxylic acids is 1. The van der Waals surface area contributed by atoms with Gasteiger partial charge in [-0.2, -0.15) is 20.0 Å². The van der Waals surface area contributed by atoms with Gasteiger partial charge in [-0.05, 0) is 51.0 Å². The molecule has 0 bridgehead atoms. The zero-order chi connectivity index (χ0) is 22.2. The van der Waals surface area contributed by atoms with Gasteiger partial charge in [0.05, 0.1) is 29.7 Å². The average Bonchev–Trinajstić information content (AvgIpc) is 3.53. The molecule has 1 aliphatic heterocycles. The number of benzene rings is 1. The molecule has 1 atom stereocenters. The fourth-order valence-electron chi connectivity index (χ4n) is 3.98. The van der Waals surface area contributed by atoms with E-state index in [1.165, 1.54) is 4.80 Å². The maximum atomic E-state index is 13.6. The lowest BCUT2D eigenvalue weighted by molar-refractivity contribution is 0.0728. The van der Waals surface area contributed by atoms with E-state index < -0.39 is 0 Å². The minimum atomic E-state index is -0.292. The summed E-state index contributed by atoms with van der Waals surface area (Å²) in [4.78, 5) is 25.8. The van der Waals surface area contributed by atoms with Crippen LogP contribution < -0.4 is 0 Å². The van der Waals surface area contributed by atoms with E-state index in [-0.39, 0.29) is 17.8 Å². The molecule has 0 spiro atoms. The first-order valence-electron chi connectivity index (χ1n) is 10.3. The predicted octanol–water partition coefficient (Wildman–Crippen LogP) is 3.96. The molecule has 1 aliphatic rings. The van der Waals surface area contributed by atoms with E-state index in [1.54, 1.807) is 29.4 Å². The Kier molecular flexibility index (Phi) is 5.18. The summed E-state index contributed by atoms with van der Waals surface area (Å²) >= 11 is 6.14. The monoisotopic (exact) mass is 449 g/mol. The van der Waals surface area contributed by atoms with E-state index >= 15 is 0 Å². The molecule has 162 valence electrons. The van der Waals surface area contributed by atoms with Crippen molar-refractivity contribution in [1.82, 2.24) is 35.0 Å². The average molecular weight is 450 g/mol. The van der Waals surface area contributed by atoms with Crippen LogP contribution in [0.25, 0.3) is 17.3 Å². The smallest absolute Gasteiger partial charge is 0.276 e. The Morgan fingerprint density at radius 3 is 2.72 bits per heavy atom. The molecule has 4 aromatic rings. The number of amides is 1. The van der Waals surface area contributed by atoms with E-state index in [0.29, 0.717) is 34.3 Å². The molecule has 0 saturated carbocycles. The third kappa shape index (κ3) is 3.75. The molecular weight excluding hydrogens is 430 g/mol. The molecule has 0 radical (unpaired) electrons. The first-order chi connectivity index (χ1) is 15.5. The highest BCUT2D eigenvalue weighted by molar-refractivity contribution is 6.30. The molecule has 1 unspecified atom stereocenters. The lowest BCUT2D eigenvalue weighted by Gasteiger charge is -2.23. The molecular formula is C22H20ClN7O2. The van der Waals surface area contributed by atoms with Crippen molar-refractivity contribution >= 4 is 17.5 Å². The SMILES string of the molecule is Cc1ccc(-n2nccn2)c(C(=O)N2CCCC2c2noc(-c3cc(Cl)cc(C)n3)n2)c1. The van der Waals surface area contributed by atoms with Crippen molar-refractivity contribution < 1.29 is 9.32 Å². The second kappa shape index (κ2) is 8.16. The second-order valence-electron chi connectivity index (χ2n) is 7.77. The summed E-state index contributed by atoms with van der Waals surface area (Å²) in [5.74, 6) is 0.616. The number of aromatic nitrogens is 6. The Labute approximate surface area is 189 Å². The van der Waals surface area contributed by atoms with Gasteiger partial charge in [-0.15, -0.1) is 0 Å². The maximum absolute atomic E-state index is 13.6. The molecule has 1 fully saturated rings. The number of pyridine rings is 1. The Morgan fingerprint density at radius 2 is 1.94 bits per heavy atom. The van der Waals surface area contributed by atoms with Gasteiger partial charge in [0.15, 0.2) is 5.82 Å². The third-order valence-corrected chi connectivity index (χ3v) is 5.63. The summed E-state index contributed by atoms with van der Waals surface area (Å²) in [5, 5.41) is 13.1. The van der Waals surface area contributed by atoms with Crippen molar-refractivity contribution in [1.29, 1.82) is 0 Å². The Morgan fingerprint density at radius 1 is 1.12 bits per heavy atom. The lowest BCUT2D eigenvalue weighted by Crippen LogP contribution is -2.32. The summed E-state index contributed by atoms with van der Waals surface area (Å²) in [6.07, 6.45) is 4.75.